The van der Waals surface area contributed by atoms with Crippen LogP contribution >= 0.6 is 0 Å². The third-order valence-electron chi connectivity index (χ3n) is 2.58. The molecule has 0 heterocycles. The highest BCUT2D eigenvalue weighted by Crippen LogP contribution is 2.25. The molecule has 0 aliphatic rings. The summed E-state index contributed by atoms with van der Waals surface area (Å²) in [6.07, 6.45) is 0. The van der Waals surface area contributed by atoms with Crippen LogP contribution < -0.4 is 5.32 Å². The summed E-state index contributed by atoms with van der Waals surface area (Å²) < 4.78 is 0. The minimum absolute atomic E-state index is 0.0349. The highest BCUT2D eigenvalue weighted by atomic mass is 16.6. The van der Waals surface area contributed by atoms with Gasteiger partial charge in [-0.25, -0.2) is 4.79 Å². The fourth-order valence-corrected chi connectivity index (χ4v) is 1.39. The second-order valence-corrected chi connectivity index (χ2v) is 4.29. The Morgan fingerprint density at radius 2 is 2.00 bits per heavy atom. The number of carbonyl (C=O) groups is 1. The van der Waals surface area contributed by atoms with Crippen molar-refractivity contribution in [3.05, 3.63) is 33.9 Å². The van der Waals surface area contributed by atoms with Gasteiger partial charge in [0.1, 0.15) is 0 Å². The first-order chi connectivity index (χ1) is 8.83. The maximum Gasteiger partial charge on any atom is 0.337 e. The van der Waals surface area contributed by atoms with Gasteiger partial charge in [0.25, 0.3) is 5.69 Å². The van der Waals surface area contributed by atoms with Gasteiger partial charge in [0.15, 0.2) is 0 Å². The Hall–Kier alpha value is -2.19. The third kappa shape index (κ3) is 3.39. The molecule has 0 amide bonds. The summed E-state index contributed by atoms with van der Waals surface area (Å²) in [7, 11) is 0. The molecule has 0 aromatic heterocycles. The number of aromatic carboxylic acids is 1. The maximum absolute atomic E-state index is 11.0. The lowest BCUT2D eigenvalue weighted by atomic mass is 10.0. The number of nitro groups is 1. The molecule has 19 heavy (non-hydrogen) atoms. The zero-order valence-corrected chi connectivity index (χ0v) is 10.2. The predicted molar refractivity (Wildman–Crippen MR) is 66.3 cm³/mol. The average molecular weight is 270 g/mol. The molecule has 104 valence electrons. The van der Waals surface area contributed by atoms with Gasteiger partial charge in [-0.2, -0.15) is 0 Å². The normalized spacial score (nSPS) is 11.1. The first-order valence-corrected chi connectivity index (χ1v) is 5.34. The van der Waals surface area contributed by atoms with Gasteiger partial charge in [0, 0.05) is 12.1 Å². The minimum atomic E-state index is -1.27. The Morgan fingerprint density at radius 1 is 1.42 bits per heavy atom. The van der Waals surface area contributed by atoms with Crippen LogP contribution in [0.3, 0.4) is 0 Å². The number of carboxylic acid groups (broad SMARTS) is 1. The number of nitrogens with one attached hydrogen (secondary N) is 1. The number of aliphatic hydroxyl groups is 2. The number of benzene rings is 1. The molecule has 0 saturated heterocycles. The van der Waals surface area contributed by atoms with E-state index in [-0.39, 0.29) is 16.9 Å². The number of hydrogen-bond donors (Lipinski definition) is 4. The highest BCUT2D eigenvalue weighted by Gasteiger charge is 2.25. The largest absolute Gasteiger partial charge is 0.478 e. The Labute approximate surface area is 108 Å². The van der Waals surface area contributed by atoms with Gasteiger partial charge in [-0.05, 0) is 13.0 Å². The second kappa shape index (κ2) is 5.63. The Balaban J connectivity index is 3.25. The van der Waals surface area contributed by atoms with Crippen molar-refractivity contribution in [2.24, 2.45) is 0 Å². The molecule has 0 unspecified atom stereocenters. The maximum atomic E-state index is 11.0. The van der Waals surface area contributed by atoms with Crippen LogP contribution in [0.4, 0.5) is 11.4 Å². The standard InChI is InChI=1S/C11H14N2O6/c1-11(5-14,6-15)12-9-4-7(13(18)19)2-3-8(9)10(16)17/h2-4,12,14-15H,5-6H2,1H3,(H,16,17). The number of carboxylic acids is 1. The summed E-state index contributed by atoms with van der Waals surface area (Å²) in [5, 5.41) is 40.6. The number of non-ortho nitro benzene ring substituents is 1. The first kappa shape index (κ1) is 14.9. The number of rotatable bonds is 6. The van der Waals surface area contributed by atoms with Crippen LogP contribution in [-0.4, -0.2) is 45.0 Å². The summed E-state index contributed by atoms with van der Waals surface area (Å²) in [5.41, 5.74) is -1.68. The van der Waals surface area contributed by atoms with Crippen molar-refractivity contribution >= 4 is 17.3 Å². The van der Waals surface area contributed by atoms with E-state index in [1.54, 1.807) is 0 Å². The zero-order chi connectivity index (χ0) is 14.6. The van der Waals surface area contributed by atoms with E-state index in [2.05, 4.69) is 5.32 Å². The van der Waals surface area contributed by atoms with E-state index >= 15 is 0 Å². The van der Waals surface area contributed by atoms with E-state index in [1.165, 1.54) is 6.92 Å². The predicted octanol–water partition coefficient (Wildman–Crippen LogP) is 0.448. The molecule has 0 aliphatic heterocycles. The van der Waals surface area contributed by atoms with Crippen LogP contribution in [0.5, 0.6) is 0 Å². The molecular formula is C11H14N2O6. The van der Waals surface area contributed by atoms with Crippen LogP contribution in [0.15, 0.2) is 18.2 Å². The number of nitro benzene ring substituents is 1. The molecule has 8 heteroatoms. The number of hydrogen-bond acceptors (Lipinski definition) is 6. The molecule has 4 N–H and O–H groups in total. The Kier molecular flexibility index (Phi) is 4.41. The lowest BCUT2D eigenvalue weighted by Crippen LogP contribution is -2.42. The van der Waals surface area contributed by atoms with Crippen molar-refractivity contribution < 1.29 is 25.0 Å². The summed E-state index contributed by atoms with van der Waals surface area (Å²) in [6.45, 7) is 0.522. The quantitative estimate of drug-likeness (QED) is 0.435. The van der Waals surface area contributed by atoms with Crippen molar-refractivity contribution in [2.45, 2.75) is 12.5 Å². The van der Waals surface area contributed by atoms with Crippen molar-refractivity contribution in [1.82, 2.24) is 0 Å². The van der Waals surface area contributed by atoms with E-state index in [1.807, 2.05) is 0 Å². The topological polar surface area (TPSA) is 133 Å². The molecule has 0 bridgehead atoms. The van der Waals surface area contributed by atoms with Gasteiger partial charge in [0.05, 0.1) is 34.9 Å². The minimum Gasteiger partial charge on any atom is -0.478 e. The summed E-state index contributed by atoms with van der Waals surface area (Å²) >= 11 is 0. The van der Waals surface area contributed by atoms with E-state index in [0.29, 0.717) is 0 Å². The van der Waals surface area contributed by atoms with Crippen molar-refractivity contribution in [3.8, 4) is 0 Å². The van der Waals surface area contributed by atoms with Crippen LogP contribution in [0, 0.1) is 10.1 Å². The molecule has 0 radical (unpaired) electrons. The summed E-state index contributed by atoms with van der Waals surface area (Å²) in [4.78, 5) is 21.0. The molecular weight excluding hydrogens is 256 g/mol. The van der Waals surface area contributed by atoms with Gasteiger partial charge in [-0.1, -0.05) is 0 Å². The van der Waals surface area contributed by atoms with E-state index < -0.39 is 29.6 Å². The van der Waals surface area contributed by atoms with Crippen LogP contribution in [0.1, 0.15) is 17.3 Å². The third-order valence-corrected chi connectivity index (χ3v) is 2.58. The molecule has 0 spiro atoms. The Morgan fingerprint density at radius 3 is 2.42 bits per heavy atom. The lowest BCUT2D eigenvalue weighted by molar-refractivity contribution is -0.384. The molecule has 0 atom stereocenters. The zero-order valence-electron chi connectivity index (χ0n) is 10.2. The number of nitrogens with zero attached hydrogens (tertiary/aromatic N) is 1. The molecule has 0 saturated carbocycles. The van der Waals surface area contributed by atoms with E-state index in [4.69, 9.17) is 15.3 Å². The Bertz CT molecular complexity index is 498. The van der Waals surface area contributed by atoms with Crippen LogP contribution in [0.2, 0.25) is 0 Å². The van der Waals surface area contributed by atoms with Crippen LogP contribution in [-0.2, 0) is 0 Å². The van der Waals surface area contributed by atoms with E-state index in [0.717, 1.165) is 18.2 Å². The molecule has 1 aromatic rings. The van der Waals surface area contributed by atoms with Gasteiger partial charge >= 0.3 is 5.97 Å². The second-order valence-electron chi connectivity index (χ2n) is 4.29. The molecule has 1 rings (SSSR count). The SMILES string of the molecule is CC(CO)(CO)Nc1cc([N+](=O)[O-])ccc1C(=O)O. The smallest absolute Gasteiger partial charge is 0.337 e. The van der Waals surface area contributed by atoms with Crippen LogP contribution in [0.25, 0.3) is 0 Å². The molecule has 8 nitrogen and oxygen atoms in total. The average Bonchev–Trinajstić information content (AvgIpc) is 2.38. The van der Waals surface area contributed by atoms with Gasteiger partial charge in [-0.3, -0.25) is 10.1 Å². The number of anilines is 1. The fraction of sp³-hybridized carbons (Fsp3) is 0.364. The number of aliphatic hydroxyl groups excluding tert-OH is 2. The van der Waals surface area contributed by atoms with E-state index in [9.17, 15) is 14.9 Å². The van der Waals surface area contributed by atoms with Gasteiger partial charge in [0.2, 0.25) is 0 Å². The summed E-state index contributed by atoms with van der Waals surface area (Å²) in [6, 6.07) is 3.22. The van der Waals surface area contributed by atoms with Gasteiger partial charge < -0.3 is 20.6 Å². The van der Waals surface area contributed by atoms with Crippen molar-refractivity contribution in [1.29, 1.82) is 0 Å². The fourth-order valence-electron chi connectivity index (χ4n) is 1.39. The van der Waals surface area contributed by atoms with Gasteiger partial charge in [-0.15, -0.1) is 0 Å². The molecule has 0 fully saturated rings. The monoisotopic (exact) mass is 270 g/mol. The summed E-state index contributed by atoms with van der Waals surface area (Å²) in [5.74, 6) is -1.27. The lowest BCUT2D eigenvalue weighted by Gasteiger charge is -2.28. The molecule has 0 aliphatic carbocycles. The molecule has 1 aromatic carbocycles. The first-order valence-electron chi connectivity index (χ1n) is 5.34. The van der Waals surface area contributed by atoms with Crippen molar-refractivity contribution in [2.75, 3.05) is 18.5 Å². The highest BCUT2D eigenvalue weighted by molar-refractivity contribution is 5.95. The van der Waals surface area contributed by atoms with Crippen molar-refractivity contribution in [3.63, 3.8) is 0 Å².